The van der Waals surface area contributed by atoms with E-state index in [4.69, 9.17) is 16.3 Å². The van der Waals surface area contributed by atoms with E-state index in [-0.39, 0.29) is 17.6 Å². The maximum absolute atomic E-state index is 13.5. The number of ether oxygens (including phenoxy) is 1. The summed E-state index contributed by atoms with van der Waals surface area (Å²) in [5, 5.41) is 3.02. The van der Waals surface area contributed by atoms with Crippen LogP contribution in [0.4, 0.5) is 27.7 Å². The van der Waals surface area contributed by atoms with Crippen molar-refractivity contribution in [3.05, 3.63) is 71.8 Å². The average Bonchev–Trinajstić information content (AvgIpc) is 3.27. The predicted molar refractivity (Wildman–Crippen MR) is 127 cm³/mol. The zero-order chi connectivity index (χ0) is 24.2. The van der Waals surface area contributed by atoms with Crippen LogP contribution in [0, 0.1) is 5.82 Å². The van der Waals surface area contributed by atoms with E-state index in [0.717, 1.165) is 5.82 Å². The number of aryl methyl sites for hydroxylation is 1. The lowest BCUT2D eigenvalue weighted by atomic mass is 10.1. The van der Waals surface area contributed by atoms with Gasteiger partial charge < -0.3 is 19.5 Å². The largest absolute Gasteiger partial charge is 0.462 e. The van der Waals surface area contributed by atoms with Gasteiger partial charge in [0.05, 0.1) is 29.7 Å². The fourth-order valence-electron chi connectivity index (χ4n) is 3.29. The molecule has 0 saturated carbocycles. The molecular weight excluding hydrogens is 461 g/mol. The van der Waals surface area contributed by atoms with E-state index in [0.29, 0.717) is 28.2 Å². The van der Waals surface area contributed by atoms with E-state index in [2.05, 4.69) is 25.3 Å². The summed E-state index contributed by atoms with van der Waals surface area (Å²) >= 11 is 5.90. The Morgan fingerprint density at radius 3 is 2.74 bits per heavy atom. The minimum Gasteiger partial charge on any atom is -0.462 e. The molecule has 34 heavy (non-hydrogen) atoms. The monoisotopic (exact) mass is 481 g/mol. The Morgan fingerprint density at radius 1 is 1.21 bits per heavy atom. The molecule has 4 aromatic rings. The summed E-state index contributed by atoms with van der Waals surface area (Å²) in [6, 6.07) is 5.92. The van der Waals surface area contributed by atoms with E-state index in [1.807, 2.05) is 23.6 Å². The van der Waals surface area contributed by atoms with Crippen LogP contribution >= 0.6 is 11.6 Å². The molecule has 0 atom stereocenters. The van der Waals surface area contributed by atoms with Gasteiger partial charge in [0.15, 0.2) is 0 Å². The molecule has 0 radical (unpaired) electrons. The average molecular weight is 482 g/mol. The summed E-state index contributed by atoms with van der Waals surface area (Å²) in [5.74, 6) is 0.576. The molecular formula is C23H21ClFN7O2. The number of rotatable bonds is 7. The first-order valence-electron chi connectivity index (χ1n) is 10.3. The van der Waals surface area contributed by atoms with Gasteiger partial charge in [-0.15, -0.1) is 0 Å². The minimum atomic E-state index is -0.519. The molecule has 11 heteroatoms. The van der Waals surface area contributed by atoms with E-state index in [9.17, 15) is 9.18 Å². The summed E-state index contributed by atoms with van der Waals surface area (Å²) in [6.45, 7) is 2.00. The van der Waals surface area contributed by atoms with Crippen LogP contribution in [0.15, 0.2) is 55.4 Å². The molecule has 174 valence electrons. The van der Waals surface area contributed by atoms with Gasteiger partial charge in [0.25, 0.3) is 0 Å². The molecule has 0 aliphatic rings. The zero-order valence-electron chi connectivity index (χ0n) is 18.7. The number of anilines is 4. The number of hydrogen-bond donors (Lipinski definition) is 1. The highest BCUT2D eigenvalue weighted by atomic mass is 35.5. The first-order chi connectivity index (χ1) is 16.4. The third-order valence-corrected chi connectivity index (χ3v) is 5.25. The van der Waals surface area contributed by atoms with E-state index >= 15 is 0 Å². The van der Waals surface area contributed by atoms with Gasteiger partial charge in [-0.3, -0.25) is 4.98 Å². The van der Waals surface area contributed by atoms with E-state index in [1.54, 1.807) is 37.9 Å². The molecule has 4 rings (SSSR count). The van der Waals surface area contributed by atoms with Crippen molar-refractivity contribution < 1.29 is 13.9 Å². The lowest BCUT2D eigenvalue weighted by Crippen LogP contribution is -2.16. The van der Waals surface area contributed by atoms with Gasteiger partial charge in [-0.2, -0.15) is 4.98 Å². The lowest BCUT2D eigenvalue weighted by molar-refractivity contribution is 0.0526. The normalized spacial score (nSPS) is 10.7. The van der Waals surface area contributed by atoms with Crippen molar-refractivity contribution >= 4 is 40.8 Å². The van der Waals surface area contributed by atoms with Crippen LogP contribution in [-0.2, 0) is 11.8 Å². The predicted octanol–water partition coefficient (Wildman–Crippen LogP) is 4.75. The Kier molecular flexibility index (Phi) is 6.69. The molecule has 0 bridgehead atoms. The van der Waals surface area contributed by atoms with E-state index < -0.39 is 11.8 Å². The SMILES string of the molecule is CCOC(=O)c1cncc(-c2cnc(Nc3ccc(F)c(Cl)c3)nc2N(C)c2cncn2C)c1. The number of pyridine rings is 1. The number of halogens is 2. The third-order valence-electron chi connectivity index (χ3n) is 4.96. The van der Waals surface area contributed by atoms with Crippen molar-refractivity contribution in [2.75, 3.05) is 23.9 Å². The third kappa shape index (κ3) is 4.81. The second-order valence-electron chi connectivity index (χ2n) is 7.29. The van der Waals surface area contributed by atoms with Crippen molar-refractivity contribution in [3.63, 3.8) is 0 Å². The van der Waals surface area contributed by atoms with Gasteiger partial charge in [-0.05, 0) is 31.2 Å². The van der Waals surface area contributed by atoms with Crippen molar-refractivity contribution in [1.82, 2.24) is 24.5 Å². The zero-order valence-corrected chi connectivity index (χ0v) is 19.4. The Hall–Kier alpha value is -4.05. The second kappa shape index (κ2) is 9.84. The standard InChI is InChI=1S/C23H21ClFN7O2/c1-4-34-22(33)15-7-14(9-26-10-15)17-11-28-23(29-16-5-6-19(25)18(24)8-16)30-21(17)32(3)20-12-27-13-31(20)2/h5-13H,4H2,1-3H3,(H,28,29,30). The summed E-state index contributed by atoms with van der Waals surface area (Å²) < 4.78 is 20.5. The molecule has 9 nitrogen and oxygen atoms in total. The van der Waals surface area contributed by atoms with Crippen LogP contribution in [0.1, 0.15) is 17.3 Å². The minimum absolute atomic E-state index is 0.0179. The number of nitrogens with zero attached hydrogens (tertiary/aromatic N) is 6. The first kappa shape index (κ1) is 23.1. The molecule has 0 amide bonds. The number of esters is 1. The highest BCUT2D eigenvalue weighted by molar-refractivity contribution is 6.31. The van der Waals surface area contributed by atoms with Crippen LogP contribution in [0.3, 0.4) is 0 Å². The molecule has 0 spiro atoms. The van der Waals surface area contributed by atoms with Gasteiger partial charge in [0.2, 0.25) is 5.95 Å². The Bertz CT molecular complexity index is 1340. The van der Waals surface area contributed by atoms with Crippen LogP contribution in [0.2, 0.25) is 5.02 Å². The Morgan fingerprint density at radius 2 is 2.03 bits per heavy atom. The number of nitrogens with one attached hydrogen (secondary N) is 1. The topological polar surface area (TPSA) is 98.1 Å². The van der Waals surface area contributed by atoms with Crippen molar-refractivity contribution in [2.45, 2.75) is 6.92 Å². The second-order valence-corrected chi connectivity index (χ2v) is 7.70. The smallest absolute Gasteiger partial charge is 0.339 e. The number of hydrogen-bond acceptors (Lipinski definition) is 8. The van der Waals surface area contributed by atoms with Gasteiger partial charge in [-0.25, -0.2) is 19.2 Å². The van der Waals surface area contributed by atoms with Gasteiger partial charge in [0, 0.05) is 49.5 Å². The number of carbonyl (C=O) groups is 1. The molecule has 0 aliphatic carbocycles. The number of benzene rings is 1. The number of aromatic nitrogens is 5. The van der Waals surface area contributed by atoms with Gasteiger partial charge in [0.1, 0.15) is 17.5 Å². The Balaban J connectivity index is 1.78. The fourth-order valence-corrected chi connectivity index (χ4v) is 3.47. The number of imidazole rings is 1. The Labute approximate surface area is 200 Å². The molecule has 0 unspecified atom stereocenters. The molecule has 3 aromatic heterocycles. The quantitative estimate of drug-likeness (QED) is 0.377. The highest BCUT2D eigenvalue weighted by Gasteiger charge is 2.19. The van der Waals surface area contributed by atoms with Gasteiger partial charge >= 0.3 is 5.97 Å². The molecule has 0 saturated heterocycles. The maximum Gasteiger partial charge on any atom is 0.339 e. The summed E-state index contributed by atoms with van der Waals surface area (Å²) in [6.07, 6.45) is 8.06. The lowest BCUT2D eigenvalue weighted by Gasteiger charge is -2.22. The summed E-state index contributed by atoms with van der Waals surface area (Å²) in [4.78, 5) is 31.5. The highest BCUT2D eigenvalue weighted by Crippen LogP contribution is 2.33. The summed E-state index contributed by atoms with van der Waals surface area (Å²) in [5.41, 5.74) is 2.10. The van der Waals surface area contributed by atoms with Crippen molar-refractivity contribution in [1.29, 1.82) is 0 Å². The van der Waals surface area contributed by atoms with Gasteiger partial charge in [-0.1, -0.05) is 11.6 Å². The molecule has 1 N–H and O–H groups in total. The van der Waals surface area contributed by atoms with Crippen LogP contribution in [0.25, 0.3) is 11.1 Å². The fraction of sp³-hybridized carbons (Fsp3) is 0.174. The molecule has 1 aromatic carbocycles. The molecule has 0 aliphatic heterocycles. The number of carbonyl (C=O) groups excluding carboxylic acids is 1. The van der Waals surface area contributed by atoms with Crippen LogP contribution in [0.5, 0.6) is 0 Å². The molecule has 3 heterocycles. The molecule has 0 fully saturated rings. The maximum atomic E-state index is 13.5. The van der Waals surface area contributed by atoms with Crippen molar-refractivity contribution in [2.24, 2.45) is 7.05 Å². The summed E-state index contributed by atoms with van der Waals surface area (Å²) in [7, 11) is 3.70. The van der Waals surface area contributed by atoms with Crippen LogP contribution < -0.4 is 10.2 Å². The van der Waals surface area contributed by atoms with E-state index in [1.165, 1.54) is 24.4 Å². The van der Waals surface area contributed by atoms with Crippen molar-refractivity contribution in [3.8, 4) is 11.1 Å². The first-order valence-corrected chi connectivity index (χ1v) is 10.7. The van der Waals surface area contributed by atoms with Crippen LogP contribution in [-0.4, -0.2) is 44.1 Å².